The number of halogens is 1. The number of aromatic nitrogens is 1. The fourth-order valence-corrected chi connectivity index (χ4v) is 2.05. The molecular formula is C11H12BrNO2. The predicted octanol–water partition coefficient (Wildman–Crippen LogP) is 2.84. The molecule has 0 aliphatic carbocycles. The molecule has 1 aromatic heterocycles. The number of aromatic amines is 1. The number of hydrogen-bond donors (Lipinski definition) is 1. The zero-order valence-electron chi connectivity index (χ0n) is 8.25. The lowest BCUT2D eigenvalue weighted by Gasteiger charge is -2.00. The van der Waals surface area contributed by atoms with E-state index in [2.05, 4.69) is 20.9 Å². The van der Waals surface area contributed by atoms with Crippen LogP contribution in [0, 0.1) is 0 Å². The third-order valence-electron chi connectivity index (χ3n) is 2.37. The molecule has 2 rings (SSSR count). The summed E-state index contributed by atoms with van der Waals surface area (Å²) >= 11 is 3.40. The summed E-state index contributed by atoms with van der Waals surface area (Å²) < 4.78 is 4.99. The van der Waals surface area contributed by atoms with Crippen LogP contribution < -0.4 is 5.76 Å². The summed E-state index contributed by atoms with van der Waals surface area (Å²) in [5.74, 6) is -0.377. The number of fused-ring (bicyclic) bond motifs is 1. The average molecular weight is 270 g/mol. The normalized spacial score (nSPS) is 11.0. The van der Waals surface area contributed by atoms with E-state index in [4.69, 9.17) is 4.42 Å². The monoisotopic (exact) mass is 269 g/mol. The van der Waals surface area contributed by atoms with Gasteiger partial charge < -0.3 is 4.42 Å². The first-order valence-corrected chi connectivity index (χ1v) is 6.10. The Balaban J connectivity index is 2.29. The molecular weight excluding hydrogens is 258 g/mol. The van der Waals surface area contributed by atoms with Gasteiger partial charge >= 0.3 is 5.76 Å². The van der Waals surface area contributed by atoms with Crippen molar-refractivity contribution < 1.29 is 4.42 Å². The fraction of sp³-hybridized carbons (Fsp3) is 0.364. The first kappa shape index (κ1) is 10.5. The Morgan fingerprint density at radius 3 is 3.00 bits per heavy atom. The molecule has 0 fully saturated rings. The van der Waals surface area contributed by atoms with Crippen molar-refractivity contribution in [1.29, 1.82) is 0 Å². The van der Waals surface area contributed by atoms with Crippen LogP contribution in [0.4, 0.5) is 0 Å². The molecule has 3 nitrogen and oxygen atoms in total. The Kier molecular flexibility index (Phi) is 3.26. The lowest BCUT2D eigenvalue weighted by molar-refractivity contribution is 0.555. The van der Waals surface area contributed by atoms with E-state index in [0.717, 1.165) is 35.7 Å². The Morgan fingerprint density at radius 2 is 2.20 bits per heavy atom. The molecule has 4 heteroatoms. The summed E-state index contributed by atoms with van der Waals surface area (Å²) in [6.45, 7) is 0. The van der Waals surface area contributed by atoms with Gasteiger partial charge in [-0.25, -0.2) is 4.79 Å². The minimum absolute atomic E-state index is 0.377. The van der Waals surface area contributed by atoms with Crippen molar-refractivity contribution in [3.8, 4) is 0 Å². The maximum Gasteiger partial charge on any atom is 0.417 e. The van der Waals surface area contributed by atoms with Gasteiger partial charge in [0.15, 0.2) is 5.58 Å². The molecule has 0 amide bonds. The molecule has 0 unspecified atom stereocenters. The van der Waals surface area contributed by atoms with E-state index in [1.807, 2.05) is 12.1 Å². The Bertz CT molecular complexity index is 501. The summed E-state index contributed by atoms with van der Waals surface area (Å²) in [5, 5.41) is 1.02. The highest BCUT2D eigenvalue weighted by Gasteiger charge is 2.05. The van der Waals surface area contributed by atoms with Crippen molar-refractivity contribution in [2.45, 2.75) is 19.3 Å². The summed E-state index contributed by atoms with van der Waals surface area (Å²) in [6.07, 6.45) is 3.22. The van der Waals surface area contributed by atoms with Crippen LogP contribution in [0.1, 0.15) is 18.4 Å². The van der Waals surface area contributed by atoms with E-state index in [0.29, 0.717) is 5.58 Å². The molecule has 0 bridgehead atoms. The SMILES string of the molecule is O=c1[nH]c2c(CCCCBr)cccc2o1. The van der Waals surface area contributed by atoms with Crippen molar-refractivity contribution in [3.05, 3.63) is 34.3 Å². The third-order valence-corrected chi connectivity index (χ3v) is 2.93. The van der Waals surface area contributed by atoms with Gasteiger partial charge in [-0.05, 0) is 30.9 Å². The van der Waals surface area contributed by atoms with Gasteiger partial charge in [-0.3, -0.25) is 4.98 Å². The lowest BCUT2D eigenvalue weighted by Crippen LogP contribution is -1.95. The maximum atomic E-state index is 11.0. The fourth-order valence-electron chi connectivity index (χ4n) is 1.65. The Morgan fingerprint density at radius 1 is 1.33 bits per heavy atom. The van der Waals surface area contributed by atoms with Gasteiger partial charge in [0.1, 0.15) is 0 Å². The van der Waals surface area contributed by atoms with E-state index < -0.39 is 0 Å². The van der Waals surface area contributed by atoms with Gasteiger partial charge in [0.25, 0.3) is 0 Å². The van der Waals surface area contributed by atoms with Crippen LogP contribution >= 0.6 is 15.9 Å². The average Bonchev–Trinajstić information content (AvgIpc) is 2.59. The molecule has 15 heavy (non-hydrogen) atoms. The first-order chi connectivity index (χ1) is 7.31. The molecule has 0 saturated heterocycles. The lowest BCUT2D eigenvalue weighted by atomic mass is 10.1. The van der Waals surface area contributed by atoms with Gasteiger partial charge in [-0.15, -0.1) is 0 Å². The number of unbranched alkanes of at least 4 members (excludes halogenated alkanes) is 1. The van der Waals surface area contributed by atoms with Gasteiger partial charge in [0.05, 0.1) is 5.52 Å². The number of benzene rings is 1. The first-order valence-electron chi connectivity index (χ1n) is 4.98. The highest BCUT2D eigenvalue weighted by atomic mass is 79.9. The molecule has 80 valence electrons. The second kappa shape index (κ2) is 4.66. The summed E-state index contributed by atoms with van der Waals surface area (Å²) in [6, 6.07) is 5.76. The topological polar surface area (TPSA) is 46.0 Å². The standard InChI is InChI=1S/C11H12BrNO2/c12-7-2-1-4-8-5-3-6-9-10(8)13-11(14)15-9/h3,5-6H,1-2,4,7H2,(H,13,14). The van der Waals surface area contributed by atoms with Crippen LogP contribution in [0.3, 0.4) is 0 Å². The van der Waals surface area contributed by atoms with Gasteiger partial charge in [-0.2, -0.15) is 0 Å². The van der Waals surface area contributed by atoms with Gasteiger partial charge in [0, 0.05) is 5.33 Å². The summed E-state index contributed by atoms with van der Waals surface area (Å²) in [7, 11) is 0. The summed E-state index contributed by atoms with van der Waals surface area (Å²) in [4.78, 5) is 13.8. The van der Waals surface area contributed by atoms with Gasteiger partial charge in [0.2, 0.25) is 0 Å². The molecule has 1 N–H and O–H groups in total. The Labute approximate surface area is 95.6 Å². The van der Waals surface area contributed by atoms with Crippen molar-refractivity contribution in [2.24, 2.45) is 0 Å². The molecule has 1 heterocycles. The van der Waals surface area contributed by atoms with Crippen molar-refractivity contribution in [3.63, 3.8) is 0 Å². The summed E-state index contributed by atoms with van der Waals surface area (Å²) in [5.41, 5.74) is 2.65. The van der Waals surface area contributed by atoms with Crippen molar-refractivity contribution in [2.75, 3.05) is 5.33 Å². The van der Waals surface area contributed by atoms with E-state index in [-0.39, 0.29) is 5.76 Å². The van der Waals surface area contributed by atoms with Crippen molar-refractivity contribution >= 4 is 27.0 Å². The molecule has 0 spiro atoms. The number of rotatable bonds is 4. The second-order valence-electron chi connectivity index (χ2n) is 3.45. The number of para-hydroxylation sites is 1. The van der Waals surface area contributed by atoms with Crippen LogP contribution in [0.5, 0.6) is 0 Å². The molecule has 0 aliphatic heterocycles. The zero-order valence-corrected chi connectivity index (χ0v) is 9.84. The highest BCUT2D eigenvalue weighted by Crippen LogP contribution is 2.17. The van der Waals surface area contributed by atoms with Crippen LogP contribution in [0.25, 0.3) is 11.1 Å². The molecule has 1 aromatic carbocycles. The smallest absolute Gasteiger partial charge is 0.408 e. The molecule has 0 aliphatic rings. The minimum atomic E-state index is -0.377. The quantitative estimate of drug-likeness (QED) is 0.686. The third kappa shape index (κ3) is 2.31. The molecule has 0 atom stereocenters. The number of aryl methyl sites for hydroxylation is 1. The molecule has 2 aromatic rings. The second-order valence-corrected chi connectivity index (χ2v) is 4.24. The van der Waals surface area contributed by atoms with Crippen molar-refractivity contribution in [1.82, 2.24) is 4.98 Å². The maximum absolute atomic E-state index is 11.0. The van der Waals surface area contributed by atoms with Crippen LogP contribution in [-0.4, -0.2) is 10.3 Å². The molecule has 0 saturated carbocycles. The minimum Gasteiger partial charge on any atom is -0.408 e. The number of H-pyrrole nitrogens is 1. The van der Waals surface area contributed by atoms with E-state index in [9.17, 15) is 4.79 Å². The van der Waals surface area contributed by atoms with Crippen LogP contribution in [-0.2, 0) is 6.42 Å². The number of hydrogen-bond acceptors (Lipinski definition) is 2. The molecule has 0 radical (unpaired) electrons. The highest BCUT2D eigenvalue weighted by molar-refractivity contribution is 9.09. The van der Waals surface area contributed by atoms with Gasteiger partial charge in [-0.1, -0.05) is 28.1 Å². The van der Waals surface area contributed by atoms with E-state index >= 15 is 0 Å². The predicted molar refractivity (Wildman–Crippen MR) is 63.6 cm³/mol. The number of alkyl halides is 1. The van der Waals surface area contributed by atoms with E-state index in [1.54, 1.807) is 6.07 Å². The number of oxazole rings is 1. The largest absolute Gasteiger partial charge is 0.417 e. The van der Waals surface area contributed by atoms with Crippen LogP contribution in [0.15, 0.2) is 27.4 Å². The van der Waals surface area contributed by atoms with Crippen LogP contribution in [0.2, 0.25) is 0 Å². The number of nitrogens with one attached hydrogen (secondary N) is 1. The van der Waals surface area contributed by atoms with E-state index in [1.165, 1.54) is 0 Å². The Hall–Kier alpha value is -1.03. The zero-order chi connectivity index (χ0) is 10.7.